The number of imide groups is 1. The monoisotopic (exact) mass is 347 g/mol. The van der Waals surface area contributed by atoms with Crippen LogP contribution in [0, 0.1) is 0 Å². The molecule has 1 aromatic carbocycles. The Hall–Kier alpha value is -3.35. The second-order valence-corrected chi connectivity index (χ2v) is 6.09. The van der Waals surface area contributed by atoms with E-state index in [1.54, 1.807) is 47.7 Å². The van der Waals surface area contributed by atoms with E-state index in [0.717, 1.165) is 12.0 Å². The number of nitrogens with zero attached hydrogens (tertiary/aromatic N) is 5. The number of aromatic nitrogens is 4. The number of unbranched alkanes of at least 4 members (excludes halogenated alkanes) is 1. The lowest BCUT2D eigenvalue weighted by molar-refractivity contribution is 0.0651. The average molecular weight is 347 g/mol. The lowest BCUT2D eigenvalue weighted by Gasteiger charge is -2.13. The number of hydrogen-bond donors (Lipinski definition) is 0. The normalized spacial score (nSPS) is 13.3. The Labute approximate surface area is 150 Å². The zero-order chi connectivity index (χ0) is 17.9. The Kier molecular flexibility index (Phi) is 4.27. The van der Waals surface area contributed by atoms with Gasteiger partial charge in [-0.1, -0.05) is 12.1 Å². The van der Waals surface area contributed by atoms with Gasteiger partial charge in [0.15, 0.2) is 5.82 Å². The van der Waals surface area contributed by atoms with Crippen molar-refractivity contribution in [2.45, 2.75) is 19.4 Å². The molecule has 2 amide bonds. The number of aryl methyl sites for hydroxylation is 1. The van der Waals surface area contributed by atoms with Crippen molar-refractivity contribution >= 4 is 11.8 Å². The molecule has 2 aromatic heterocycles. The Balaban J connectivity index is 1.31. The van der Waals surface area contributed by atoms with Crippen LogP contribution >= 0.6 is 0 Å². The second kappa shape index (κ2) is 6.87. The summed E-state index contributed by atoms with van der Waals surface area (Å²) < 4.78 is 1.77. The first-order valence-corrected chi connectivity index (χ1v) is 8.49. The van der Waals surface area contributed by atoms with E-state index < -0.39 is 0 Å². The number of benzene rings is 1. The first kappa shape index (κ1) is 16.1. The Morgan fingerprint density at radius 2 is 1.62 bits per heavy atom. The molecular formula is C19H17N5O2. The summed E-state index contributed by atoms with van der Waals surface area (Å²) in [6.45, 7) is 1.09. The van der Waals surface area contributed by atoms with Gasteiger partial charge in [-0.25, -0.2) is 4.98 Å². The van der Waals surface area contributed by atoms with Gasteiger partial charge in [-0.05, 0) is 37.1 Å². The molecule has 0 radical (unpaired) electrons. The third-order valence-corrected chi connectivity index (χ3v) is 4.35. The number of carbonyl (C=O) groups is 2. The third kappa shape index (κ3) is 2.99. The van der Waals surface area contributed by atoms with Crippen LogP contribution in [0.15, 0.2) is 55.1 Å². The predicted octanol–water partition coefficient (Wildman–Crippen LogP) is 2.42. The average Bonchev–Trinajstić information content (AvgIpc) is 3.25. The van der Waals surface area contributed by atoms with E-state index >= 15 is 0 Å². The quantitative estimate of drug-likeness (QED) is 0.505. The number of rotatable bonds is 6. The van der Waals surface area contributed by atoms with E-state index in [1.807, 2.05) is 12.1 Å². The van der Waals surface area contributed by atoms with Crippen molar-refractivity contribution in [3.05, 3.63) is 66.2 Å². The number of hydrogen-bond acceptors (Lipinski definition) is 5. The molecule has 26 heavy (non-hydrogen) atoms. The first-order valence-electron chi connectivity index (χ1n) is 8.49. The summed E-state index contributed by atoms with van der Waals surface area (Å²) in [7, 11) is 0. The highest BCUT2D eigenvalue weighted by Crippen LogP contribution is 2.22. The van der Waals surface area contributed by atoms with Gasteiger partial charge in [-0.15, -0.1) is 0 Å². The third-order valence-electron chi connectivity index (χ3n) is 4.35. The Morgan fingerprint density at radius 3 is 2.31 bits per heavy atom. The minimum Gasteiger partial charge on any atom is -0.274 e. The van der Waals surface area contributed by atoms with E-state index in [4.69, 9.17) is 0 Å². The summed E-state index contributed by atoms with van der Waals surface area (Å²) >= 11 is 0. The fraction of sp³-hybridized carbons (Fsp3) is 0.211. The minimum absolute atomic E-state index is 0.204. The zero-order valence-electron chi connectivity index (χ0n) is 14.1. The fourth-order valence-corrected chi connectivity index (χ4v) is 3.02. The molecule has 0 unspecified atom stereocenters. The summed E-state index contributed by atoms with van der Waals surface area (Å²) in [5.41, 5.74) is 1.86. The molecule has 0 N–H and O–H groups in total. The summed E-state index contributed by atoms with van der Waals surface area (Å²) in [5.74, 6) is 0.230. The van der Waals surface area contributed by atoms with E-state index in [0.29, 0.717) is 36.5 Å². The van der Waals surface area contributed by atoms with E-state index in [1.165, 1.54) is 4.90 Å². The van der Waals surface area contributed by atoms with Crippen LogP contribution in [-0.4, -0.2) is 43.0 Å². The van der Waals surface area contributed by atoms with Gasteiger partial charge >= 0.3 is 0 Å². The maximum atomic E-state index is 12.3. The Morgan fingerprint density at radius 1 is 0.885 bits per heavy atom. The van der Waals surface area contributed by atoms with Crippen molar-refractivity contribution in [1.82, 2.24) is 24.6 Å². The molecule has 1 aliphatic heterocycles. The smallest absolute Gasteiger partial charge is 0.261 e. The summed E-state index contributed by atoms with van der Waals surface area (Å²) in [5, 5.41) is 4.43. The highest BCUT2D eigenvalue weighted by molar-refractivity contribution is 6.21. The maximum absolute atomic E-state index is 12.3. The van der Waals surface area contributed by atoms with Crippen LogP contribution in [0.25, 0.3) is 11.4 Å². The standard InChI is InChI=1S/C19H17N5O2/c25-18-15-7-1-2-8-16(15)19(26)24(18)11-4-3-10-23-13-21-17(22-23)14-6-5-9-20-12-14/h1-2,5-9,12-13H,3-4,10-11H2. The van der Waals surface area contributed by atoms with Crippen LogP contribution in [0.5, 0.6) is 0 Å². The molecule has 1 aliphatic rings. The van der Waals surface area contributed by atoms with Crippen LogP contribution in [0.2, 0.25) is 0 Å². The van der Waals surface area contributed by atoms with Crippen molar-refractivity contribution in [3.63, 3.8) is 0 Å². The lowest BCUT2D eigenvalue weighted by atomic mass is 10.1. The van der Waals surface area contributed by atoms with Crippen LogP contribution < -0.4 is 0 Å². The van der Waals surface area contributed by atoms with Crippen molar-refractivity contribution in [3.8, 4) is 11.4 Å². The highest BCUT2D eigenvalue weighted by Gasteiger charge is 2.34. The molecule has 0 bridgehead atoms. The van der Waals surface area contributed by atoms with Gasteiger partial charge in [0.05, 0.1) is 11.1 Å². The molecule has 0 saturated carbocycles. The molecule has 0 spiro atoms. The van der Waals surface area contributed by atoms with Gasteiger partial charge in [0.25, 0.3) is 11.8 Å². The Bertz CT molecular complexity index is 916. The molecule has 3 heterocycles. The van der Waals surface area contributed by atoms with Gasteiger partial charge in [0, 0.05) is 31.0 Å². The molecule has 3 aromatic rings. The molecule has 7 heteroatoms. The van der Waals surface area contributed by atoms with Crippen LogP contribution in [0.1, 0.15) is 33.6 Å². The van der Waals surface area contributed by atoms with Crippen LogP contribution in [0.4, 0.5) is 0 Å². The minimum atomic E-state index is -0.204. The number of fused-ring (bicyclic) bond motifs is 1. The van der Waals surface area contributed by atoms with Crippen molar-refractivity contribution in [2.75, 3.05) is 6.54 Å². The van der Waals surface area contributed by atoms with Gasteiger partial charge in [0.2, 0.25) is 0 Å². The number of carbonyl (C=O) groups excluding carboxylic acids is 2. The van der Waals surface area contributed by atoms with E-state index in [9.17, 15) is 9.59 Å². The first-order chi connectivity index (χ1) is 12.7. The molecule has 4 rings (SSSR count). The molecular weight excluding hydrogens is 330 g/mol. The molecule has 0 saturated heterocycles. The van der Waals surface area contributed by atoms with Gasteiger partial charge in [-0.2, -0.15) is 5.10 Å². The number of pyridine rings is 1. The molecule has 0 aliphatic carbocycles. The fourth-order valence-electron chi connectivity index (χ4n) is 3.02. The van der Waals surface area contributed by atoms with Crippen LogP contribution in [0.3, 0.4) is 0 Å². The van der Waals surface area contributed by atoms with Crippen molar-refractivity contribution in [2.24, 2.45) is 0 Å². The largest absolute Gasteiger partial charge is 0.274 e. The molecule has 7 nitrogen and oxygen atoms in total. The van der Waals surface area contributed by atoms with E-state index in [-0.39, 0.29) is 11.8 Å². The molecule has 130 valence electrons. The summed E-state index contributed by atoms with van der Waals surface area (Å²) in [6.07, 6.45) is 6.63. The van der Waals surface area contributed by atoms with Crippen molar-refractivity contribution in [1.29, 1.82) is 0 Å². The topological polar surface area (TPSA) is 81.0 Å². The second-order valence-electron chi connectivity index (χ2n) is 6.09. The lowest BCUT2D eigenvalue weighted by Crippen LogP contribution is -2.30. The highest BCUT2D eigenvalue weighted by atomic mass is 16.2. The van der Waals surface area contributed by atoms with Gasteiger partial charge < -0.3 is 0 Å². The predicted molar refractivity (Wildman–Crippen MR) is 94.3 cm³/mol. The molecule has 0 atom stereocenters. The zero-order valence-corrected chi connectivity index (χ0v) is 14.1. The maximum Gasteiger partial charge on any atom is 0.261 e. The number of amides is 2. The SMILES string of the molecule is O=C1c2ccccc2C(=O)N1CCCCn1cnc(-c2cccnc2)n1. The van der Waals surface area contributed by atoms with Crippen LogP contribution in [-0.2, 0) is 6.54 Å². The summed E-state index contributed by atoms with van der Waals surface area (Å²) in [4.78, 5) is 34.3. The van der Waals surface area contributed by atoms with E-state index in [2.05, 4.69) is 15.1 Å². The molecule has 0 fully saturated rings. The summed E-state index contributed by atoms with van der Waals surface area (Å²) in [6, 6.07) is 10.7. The van der Waals surface area contributed by atoms with Gasteiger partial charge in [-0.3, -0.25) is 24.2 Å². The van der Waals surface area contributed by atoms with Crippen molar-refractivity contribution < 1.29 is 9.59 Å². The van der Waals surface area contributed by atoms with Gasteiger partial charge in [0.1, 0.15) is 6.33 Å².